The van der Waals surface area contributed by atoms with Gasteiger partial charge in [0.2, 0.25) is 11.9 Å². The van der Waals surface area contributed by atoms with Gasteiger partial charge < -0.3 is 15.7 Å². The lowest BCUT2D eigenvalue weighted by Crippen LogP contribution is -2.49. The fourth-order valence-corrected chi connectivity index (χ4v) is 7.10. The van der Waals surface area contributed by atoms with E-state index in [1.165, 1.54) is 27.8 Å². The molecule has 7 rings (SSSR count). The monoisotopic (exact) mass is 751 g/mol. The second-order valence-electron chi connectivity index (χ2n) is 13.5. The number of rotatable bonds is 10. The second-order valence-corrected chi connectivity index (χ2v) is 14.3. The van der Waals surface area contributed by atoms with Crippen molar-refractivity contribution in [2.24, 2.45) is 0 Å². The molecule has 14 heteroatoms. The highest BCUT2D eigenvalue weighted by Crippen LogP contribution is 2.46. The normalized spacial score (nSPS) is 17.5. The van der Waals surface area contributed by atoms with Crippen LogP contribution in [0.5, 0.6) is 0 Å². The summed E-state index contributed by atoms with van der Waals surface area (Å²) in [5, 5.41) is 23.8. The summed E-state index contributed by atoms with van der Waals surface area (Å²) in [6.07, 6.45) is 4.50. The van der Waals surface area contributed by atoms with Crippen LogP contribution in [0.25, 0.3) is 11.1 Å². The molecule has 2 aliphatic rings. The number of benzene rings is 3. The minimum absolute atomic E-state index is 0.0105. The van der Waals surface area contributed by atoms with Gasteiger partial charge in [-0.05, 0) is 73.7 Å². The predicted octanol–water partition coefficient (Wildman–Crippen LogP) is 6.31. The zero-order chi connectivity index (χ0) is 37.7. The van der Waals surface area contributed by atoms with Crippen LogP contribution in [-0.2, 0) is 33.7 Å². The number of aliphatic hydroxyl groups excluding tert-OH is 1. The van der Waals surface area contributed by atoms with Crippen molar-refractivity contribution in [3.05, 3.63) is 129 Å². The minimum atomic E-state index is -1.43. The Morgan fingerprint density at radius 2 is 1.62 bits per heavy atom. The molecule has 3 amide bonds. The Kier molecular flexibility index (Phi) is 9.28. The molecule has 0 spiro atoms. The summed E-state index contributed by atoms with van der Waals surface area (Å²) in [4.78, 5) is 52.1. The SMILES string of the molecule is C[C@H](NC(=O)c1cnc2n1[C@](C)(Cc1ccc(C#N)cc1)C(=O)N2c1cc(Cl)c(F)c(Cl)c1)C(=O)NC1(c2ccc(-c3ccc(CO)cc3)cn2)CC1. The molecule has 5 aromatic rings. The maximum absolute atomic E-state index is 14.4. The van der Waals surface area contributed by atoms with E-state index in [1.807, 2.05) is 36.4 Å². The molecule has 268 valence electrons. The quantitative estimate of drug-likeness (QED) is 0.141. The molecule has 1 aliphatic carbocycles. The number of imidazole rings is 1. The van der Waals surface area contributed by atoms with E-state index in [2.05, 4.69) is 26.7 Å². The maximum Gasteiger partial charge on any atom is 0.270 e. The third kappa shape index (κ3) is 6.52. The fraction of sp³-hybridized carbons (Fsp3) is 0.231. The number of carbonyl (C=O) groups is 3. The van der Waals surface area contributed by atoms with Crippen molar-refractivity contribution in [1.82, 2.24) is 25.2 Å². The number of nitrogens with zero attached hydrogens (tertiary/aromatic N) is 5. The number of amides is 3. The topological polar surface area (TPSA) is 153 Å². The number of nitrogens with one attached hydrogen (secondary N) is 2. The lowest BCUT2D eigenvalue weighted by Gasteiger charge is -2.27. The predicted molar refractivity (Wildman–Crippen MR) is 196 cm³/mol. The minimum Gasteiger partial charge on any atom is -0.392 e. The third-order valence-corrected chi connectivity index (χ3v) is 10.3. The van der Waals surface area contributed by atoms with E-state index in [4.69, 9.17) is 23.2 Å². The van der Waals surface area contributed by atoms with Crippen LogP contribution in [0.1, 0.15) is 59.6 Å². The molecule has 0 saturated heterocycles. The number of aliphatic hydroxyl groups is 1. The largest absolute Gasteiger partial charge is 0.392 e. The van der Waals surface area contributed by atoms with Gasteiger partial charge in [0.1, 0.15) is 17.3 Å². The summed E-state index contributed by atoms with van der Waals surface area (Å²) in [7, 11) is 0. The Balaban J connectivity index is 1.13. The number of carbonyl (C=O) groups excluding carboxylic acids is 3. The first-order chi connectivity index (χ1) is 25.4. The molecule has 2 aromatic heterocycles. The number of nitriles is 1. The van der Waals surface area contributed by atoms with Gasteiger partial charge in [-0.3, -0.25) is 23.9 Å². The van der Waals surface area contributed by atoms with Crippen LogP contribution in [0, 0.1) is 17.1 Å². The Bertz CT molecular complexity index is 2280. The Hall–Kier alpha value is -5.61. The average molecular weight is 753 g/mol. The van der Waals surface area contributed by atoms with Gasteiger partial charge in [0, 0.05) is 18.2 Å². The zero-order valence-corrected chi connectivity index (χ0v) is 30.0. The van der Waals surface area contributed by atoms with E-state index in [-0.39, 0.29) is 40.4 Å². The van der Waals surface area contributed by atoms with Crippen molar-refractivity contribution in [2.45, 2.75) is 56.8 Å². The molecule has 1 aliphatic heterocycles. The third-order valence-electron chi connectivity index (χ3n) is 9.77. The highest BCUT2D eigenvalue weighted by Gasteiger charge is 2.52. The lowest BCUT2D eigenvalue weighted by atomic mass is 9.91. The van der Waals surface area contributed by atoms with Crippen molar-refractivity contribution < 1.29 is 23.9 Å². The molecule has 3 heterocycles. The Labute approximate surface area is 314 Å². The van der Waals surface area contributed by atoms with Gasteiger partial charge in [0.25, 0.3) is 11.8 Å². The van der Waals surface area contributed by atoms with Crippen molar-refractivity contribution >= 4 is 52.6 Å². The molecular formula is C39H32Cl2FN7O4. The van der Waals surface area contributed by atoms with Gasteiger partial charge in [-0.15, -0.1) is 0 Å². The van der Waals surface area contributed by atoms with Crippen molar-refractivity contribution in [3.8, 4) is 17.2 Å². The summed E-state index contributed by atoms with van der Waals surface area (Å²) in [6.45, 7) is 3.18. The Morgan fingerprint density at radius 1 is 0.981 bits per heavy atom. The van der Waals surface area contributed by atoms with Gasteiger partial charge in [-0.2, -0.15) is 5.26 Å². The van der Waals surface area contributed by atoms with Crippen LogP contribution in [0.4, 0.5) is 16.0 Å². The first-order valence-electron chi connectivity index (χ1n) is 16.7. The number of fused-ring (bicyclic) bond motifs is 1. The van der Waals surface area contributed by atoms with Gasteiger partial charge >= 0.3 is 0 Å². The second kappa shape index (κ2) is 13.7. The number of anilines is 2. The molecule has 0 unspecified atom stereocenters. The average Bonchev–Trinajstić information content (AvgIpc) is 3.75. The number of aromatic nitrogens is 3. The highest BCUT2D eigenvalue weighted by atomic mass is 35.5. The van der Waals surface area contributed by atoms with Crippen LogP contribution in [0.2, 0.25) is 10.0 Å². The Morgan fingerprint density at radius 3 is 2.21 bits per heavy atom. The molecule has 0 radical (unpaired) electrons. The molecule has 11 nitrogen and oxygen atoms in total. The van der Waals surface area contributed by atoms with E-state index in [0.29, 0.717) is 29.7 Å². The highest BCUT2D eigenvalue weighted by molar-refractivity contribution is 6.35. The van der Waals surface area contributed by atoms with E-state index >= 15 is 0 Å². The summed E-state index contributed by atoms with van der Waals surface area (Å²) in [6, 6.07) is 21.6. The van der Waals surface area contributed by atoms with Crippen LogP contribution < -0.4 is 15.5 Å². The van der Waals surface area contributed by atoms with Crippen molar-refractivity contribution in [3.63, 3.8) is 0 Å². The smallest absolute Gasteiger partial charge is 0.270 e. The first kappa shape index (κ1) is 35.8. The van der Waals surface area contributed by atoms with Crippen LogP contribution in [0.15, 0.2) is 85.2 Å². The van der Waals surface area contributed by atoms with Crippen LogP contribution in [0.3, 0.4) is 0 Å². The van der Waals surface area contributed by atoms with E-state index in [0.717, 1.165) is 16.7 Å². The first-order valence-corrected chi connectivity index (χ1v) is 17.5. The summed E-state index contributed by atoms with van der Waals surface area (Å²) in [5.74, 6) is -2.33. The van der Waals surface area contributed by atoms with Crippen molar-refractivity contribution in [2.75, 3.05) is 4.90 Å². The molecule has 3 aromatic carbocycles. The van der Waals surface area contributed by atoms with Gasteiger partial charge in [-0.25, -0.2) is 14.3 Å². The summed E-state index contributed by atoms with van der Waals surface area (Å²) in [5.41, 5.74) is 2.55. The van der Waals surface area contributed by atoms with Gasteiger partial charge in [-0.1, -0.05) is 65.7 Å². The van der Waals surface area contributed by atoms with E-state index < -0.39 is 40.7 Å². The number of halogens is 3. The maximum atomic E-state index is 14.4. The molecule has 1 saturated carbocycles. The van der Waals surface area contributed by atoms with Gasteiger partial charge in [0.15, 0.2) is 5.82 Å². The molecule has 53 heavy (non-hydrogen) atoms. The molecule has 1 fully saturated rings. The standard InChI is InChI=1S/C39H32Cl2FN7O4/c1-22(34(51)47-39(13-14-39)32-12-11-27(19-44-32)26-9-7-25(21-50)8-10-26)46-35(52)31-20-45-37-48(28-15-29(40)33(42)30(41)16-28)36(53)38(2,49(31)37)17-23-3-5-24(18-43)6-4-23/h3-12,15-16,19-20,22,50H,13-14,17,21H2,1-2H3,(H,46,52)(H,47,51)/t22-,38+/m0/s1. The lowest BCUT2D eigenvalue weighted by molar-refractivity contribution is -0.124. The molecule has 3 N–H and O–H groups in total. The van der Waals surface area contributed by atoms with E-state index in [1.54, 1.807) is 44.3 Å². The molecular weight excluding hydrogens is 720 g/mol. The van der Waals surface area contributed by atoms with Gasteiger partial charge in [0.05, 0.1) is 51.4 Å². The van der Waals surface area contributed by atoms with E-state index in [9.17, 15) is 29.1 Å². The fourth-order valence-electron chi connectivity index (χ4n) is 6.63. The summed E-state index contributed by atoms with van der Waals surface area (Å²) >= 11 is 12.2. The number of pyridine rings is 1. The van der Waals surface area contributed by atoms with Crippen LogP contribution >= 0.6 is 23.2 Å². The number of hydrogen-bond donors (Lipinski definition) is 3. The van der Waals surface area contributed by atoms with Crippen molar-refractivity contribution in [1.29, 1.82) is 5.26 Å². The zero-order valence-electron chi connectivity index (χ0n) is 28.5. The summed E-state index contributed by atoms with van der Waals surface area (Å²) < 4.78 is 15.9. The number of hydrogen-bond acceptors (Lipinski definition) is 7. The molecule has 0 bridgehead atoms. The van der Waals surface area contributed by atoms with Crippen LogP contribution in [-0.4, -0.2) is 43.4 Å². The molecule has 2 atom stereocenters.